The average molecular weight is 278 g/mol. The fourth-order valence-electron chi connectivity index (χ4n) is 2.63. The van der Waals surface area contributed by atoms with Gasteiger partial charge in [-0.2, -0.15) is 0 Å². The van der Waals surface area contributed by atoms with Crippen LogP contribution in [0.1, 0.15) is 19.3 Å². The predicted octanol–water partition coefficient (Wildman–Crippen LogP) is -0.313. The first-order chi connectivity index (χ1) is 8.29. The molecule has 2 aliphatic heterocycles. The van der Waals surface area contributed by atoms with Crippen molar-refractivity contribution in [2.45, 2.75) is 25.3 Å². The van der Waals surface area contributed by atoms with E-state index in [2.05, 4.69) is 10.2 Å². The molecule has 6 heteroatoms. The summed E-state index contributed by atoms with van der Waals surface area (Å²) in [6.07, 6.45) is 2.98. The molecule has 0 aromatic heterocycles. The van der Waals surface area contributed by atoms with Crippen LogP contribution in [0.5, 0.6) is 0 Å². The monoisotopic (exact) mass is 277 g/mol. The van der Waals surface area contributed by atoms with Gasteiger partial charge in [0.05, 0.1) is 6.61 Å². The van der Waals surface area contributed by atoms with E-state index < -0.39 is 0 Å². The van der Waals surface area contributed by atoms with E-state index >= 15 is 0 Å². The van der Waals surface area contributed by atoms with Gasteiger partial charge in [0, 0.05) is 45.2 Å². The van der Waals surface area contributed by atoms with Crippen molar-refractivity contribution in [1.82, 2.24) is 15.1 Å². The third kappa shape index (κ3) is 4.39. The third-order valence-corrected chi connectivity index (χ3v) is 3.72. The molecule has 0 spiro atoms. The Morgan fingerprint density at radius 2 is 2.00 bits per heavy atom. The number of hydrogen-bond acceptors (Lipinski definition) is 4. The minimum Gasteiger partial charge on any atom is -0.395 e. The number of piperazine rings is 1. The van der Waals surface area contributed by atoms with Gasteiger partial charge in [0.25, 0.3) is 0 Å². The zero-order valence-corrected chi connectivity index (χ0v) is 11.6. The molecule has 2 fully saturated rings. The Kier molecular flexibility index (Phi) is 6.92. The Bertz CT molecular complexity index is 252. The standard InChI is InChI=1S/C12H23N3O2.ClH/c16-9-8-14-4-6-15(7-5-14)12(17)10-11-2-1-3-13-11;/h11,13,16H,1-10H2;1H. The van der Waals surface area contributed by atoms with Crippen LogP contribution in [-0.2, 0) is 4.79 Å². The molecule has 0 aliphatic carbocycles. The van der Waals surface area contributed by atoms with Crippen LogP contribution in [0.3, 0.4) is 0 Å². The van der Waals surface area contributed by atoms with Crippen molar-refractivity contribution in [2.75, 3.05) is 45.9 Å². The average Bonchev–Trinajstić information content (AvgIpc) is 2.83. The van der Waals surface area contributed by atoms with Gasteiger partial charge < -0.3 is 15.3 Å². The first kappa shape index (κ1) is 15.7. The molecule has 1 atom stereocenters. The molecular formula is C12H24ClN3O2. The summed E-state index contributed by atoms with van der Waals surface area (Å²) in [6.45, 7) is 5.40. The molecule has 0 aromatic carbocycles. The summed E-state index contributed by atoms with van der Waals surface area (Å²) in [5.74, 6) is 0.285. The topological polar surface area (TPSA) is 55.8 Å². The molecule has 2 N–H and O–H groups in total. The second kappa shape index (κ2) is 7.94. The van der Waals surface area contributed by atoms with Crippen LogP contribution in [0, 0.1) is 0 Å². The molecule has 5 nitrogen and oxygen atoms in total. The van der Waals surface area contributed by atoms with E-state index in [1.54, 1.807) is 0 Å². The molecule has 2 aliphatic rings. The first-order valence-corrected chi connectivity index (χ1v) is 6.64. The summed E-state index contributed by atoms with van der Waals surface area (Å²) in [6, 6.07) is 0.401. The molecule has 106 valence electrons. The number of β-amino-alcohol motifs (C(OH)–C–C–N with tert-alkyl or cyclic N) is 1. The number of aliphatic hydroxyl groups excluding tert-OH is 1. The maximum atomic E-state index is 12.0. The Labute approximate surface area is 115 Å². The van der Waals surface area contributed by atoms with E-state index in [9.17, 15) is 4.79 Å². The normalized spacial score (nSPS) is 24.9. The largest absolute Gasteiger partial charge is 0.395 e. The quantitative estimate of drug-likeness (QED) is 0.740. The number of hydrogen-bond donors (Lipinski definition) is 2. The number of carbonyl (C=O) groups is 1. The number of carbonyl (C=O) groups excluding carboxylic acids is 1. The van der Waals surface area contributed by atoms with E-state index in [4.69, 9.17) is 5.11 Å². The van der Waals surface area contributed by atoms with Gasteiger partial charge in [0.15, 0.2) is 0 Å². The molecular weight excluding hydrogens is 254 g/mol. The third-order valence-electron chi connectivity index (χ3n) is 3.72. The Morgan fingerprint density at radius 3 is 2.56 bits per heavy atom. The maximum Gasteiger partial charge on any atom is 0.224 e. The highest BCUT2D eigenvalue weighted by atomic mass is 35.5. The smallest absolute Gasteiger partial charge is 0.224 e. The zero-order chi connectivity index (χ0) is 12.1. The number of amides is 1. The van der Waals surface area contributed by atoms with E-state index in [0.29, 0.717) is 12.5 Å². The molecule has 2 heterocycles. The first-order valence-electron chi connectivity index (χ1n) is 6.64. The molecule has 0 aromatic rings. The van der Waals surface area contributed by atoms with Gasteiger partial charge in [-0.05, 0) is 19.4 Å². The van der Waals surface area contributed by atoms with Gasteiger partial charge in [-0.25, -0.2) is 0 Å². The fraction of sp³-hybridized carbons (Fsp3) is 0.917. The molecule has 0 bridgehead atoms. The highest BCUT2D eigenvalue weighted by molar-refractivity contribution is 5.85. The summed E-state index contributed by atoms with van der Waals surface area (Å²) in [5.41, 5.74) is 0. The Morgan fingerprint density at radius 1 is 1.28 bits per heavy atom. The number of aliphatic hydroxyl groups is 1. The predicted molar refractivity (Wildman–Crippen MR) is 73.0 cm³/mol. The highest BCUT2D eigenvalue weighted by Crippen LogP contribution is 2.11. The van der Waals surface area contributed by atoms with E-state index in [1.165, 1.54) is 6.42 Å². The molecule has 0 radical (unpaired) electrons. The van der Waals surface area contributed by atoms with Crippen LogP contribution in [0.4, 0.5) is 0 Å². The van der Waals surface area contributed by atoms with Crippen LogP contribution >= 0.6 is 12.4 Å². The van der Waals surface area contributed by atoms with Gasteiger partial charge in [-0.15, -0.1) is 12.4 Å². The Hall–Kier alpha value is -0.360. The van der Waals surface area contributed by atoms with Crippen LogP contribution in [0.15, 0.2) is 0 Å². The summed E-state index contributed by atoms with van der Waals surface area (Å²) in [4.78, 5) is 16.2. The lowest BCUT2D eigenvalue weighted by atomic mass is 10.1. The lowest BCUT2D eigenvalue weighted by Crippen LogP contribution is -2.50. The van der Waals surface area contributed by atoms with Gasteiger partial charge in [0.1, 0.15) is 0 Å². The molecule has 1 unspecified atom stereocenters. The van der Waals surface area contributed by atoms with Crippen LogP contribution in [0.25, 0.3) is 0 Å². The maximum absolute atomic E-state index is 12.0. The van der Waals surface area contributed by atoms with Crippen molar-refractivity contribution >= 4 is 18.3 Å². The second-order valence-corrected chi connectivity index (χ2v) is 4.94. The summed E-state index contributed by atoms with van der Waals surface area (Å²) < 4.78 is 0. The zero-order valence-electron chi connectivity index (χ0n) is 10.8. The van der Waals surface area contributed by atoms with Crippen molar-refractivity contribution in [1.29, 1.82) is 0 Å². The van der Waals surface area contributed by atoms with E-state index in [1.807, 2.05) is 4.90 Å². The van der Waals surface area contributed by atoms with Crippen molar-refractivity contribution in [2.24, 2.45) is 0 Å². The van der Waals surface area contributed by atoms with Gasteiger partial charge in [-0.3, -0.25) is 9.69 Å². The second-order valence-electron chi connectivity index (χ2n) is 4.94. The van der Waals surface area contributed by atoms with E-state index in [-0.39, 0.29) is 24.9 Å². The number of nitrogens with one attached hydrogen (secondary N) is 1. The number of nitrogens with zero attached hydrogens (tertiary/aromatic N) is 2. The molecule has 0 saturated carbocycles. The van der Waals surface area contributed by atoms with Gasteiger partial charge in [0.2, 0.25) is 5.91 Å². The molecule has 18 heavy (non-hydrogen) atoms. The Balaban J connectivity index is 0.00000162. The molecule has 2 saturated heterocycles. The lowest BCUT2D eigenvalue weighted by molar-refractivity contribution is -0.133. The SMILES string of the molecule is Cl.O=C(CC1CCCN1)N1CCN(CCO)CC1. The van der Waals surface area contributed by atoms with Crippen molar-refractivity contribution in [3.63, 3.8) is 0 Å². The van der Waals surface area contributed by atoms with Crippen LogP contribution in [0.2, 0.25) is 0 Å². The number of halogens is 1. The summed E-state index contributed by atoms with van der Waals surface area (Å²) in [7, 11) is 0. The molecule has 2 rings (SSSR count). The van der Waals surface area contributed by atoms with Crippen LogP contribution < -0.4 is 5.32 Å². The van der Waals surface area contributed by atoms with Gasteiger partial charge in [-0.1, -0.05) is 0 Å². The van der Waals surface area contributed by atoms with Gasteiger partial charge >= 0.3 is 0 Å². The minimum absolute atomic E-state index is 0. The summed E-state index contributed by atoms with van der Waals surface area (Å²) in [5, 5.41) is 12.2. The minimum atomic E-state index is 0. The summed E-state index contributed by atoms with van der Waals surface area (Å²) >= 11 is 0. The highest BCUT2D eigenvalue weighted by Gasteiger charge is 2.24. The lowest BCUT2D eigenvalue weighted by Gasteiger charge is -2.34. The van der Waals surface area contributed by atoms with Crippen LogP contribution in [-0.4, -0.2) is 72.7 Å². The fourth-order valence-corrected chi connectivity index (χ4v) is 2.63. The molecule has 1 amide bonds. The van der Waals surface area contributed by atoms with Crippen molar-refractivity contribution < 1.29 is 9.90 Å². The number of rotatable bonds is 4. The van der Waals surface area contributed by atoms with Crippen molar-refractivity contribution in [3.8, 4) is 0 Å². The van der Waals surface area contributed by atoms with Crippen molar-refractivity contribution in [3.05, 3.63) is 0 Å². The van der Waals surface area contributed by atoms with E-state index in [0.717, 1.165) is 45.7 Å².